The molecule has 0 saturated carbocycles. The molecule has 0 amide bonds. The van der Waals surface area contributed by atoms with Crippen LogP contribution in [0.1, 0.15) is 12.0 Å². The van der Waals surface area contributed by atoms with Crippen LogP contribution >= 0.6 is 24.0 Å². The van der Waals surface area contributed by atoms with Crippen LogP contribution in [-0.4, -0.2) is 46.9 Å². The van der Waals surface area contributed by atoms with Gasteiger partial charge in [-0.1, -0.05) is 24.3 Å². The smallest absolute Gasteiger partial charge is 0.191 e. The van der Waals surface area contributed by atoms with Crippen molar-refractivity contribution in [2.45, 2.75) is 13.0 Å². The number of nitrogens with one attached hydrogen (secondary N) is 2. The number of guanidine groups is 1. The van der Waals surface area contributed by atoms with E-state index in [1.807, 2.05) is 30.3 Å². The summed E-state index contributed by atoms with van der Waals surface area (Å²) >= 11 is 0. The molecule has 29 heavy (non-hydrogen) atoms. The molecule has 0 radical (unpaired) electrons. The Labute approximate surface area is 190 Å². The lowest BCUT2D eigenvalue weighted by Crippen LogP contribution is -2.39. The lowest BCUT2D eigenvalue weighted by atomic mass is 10.1. The third-order valence-corrected chi connectivity index (χ3v) is 5.09. The SMILES string of the molecule is CN=C(NCc1cccc(OC)c1)NCC1CCN(c2ccccc2OC)C1.I. The predicted molar refractivity (Wildman–Crippen MR) is 130 cm³/mol. The van der Waals surface area contributed by atoms with Crippen molar-refractivity contribution >= 4 is 35.6 Å². The van der Waals surface area contributed by atoms with Gasteiger partial charge < -0.3 is 25.0 Å². The van der Waals surface area contributed by atoms with Crippen LogP contribution in [0.15, 0.2) is 53.5 Å². The minimum absolute atomic E-state index is 0. The first-order valence-corrected chi connectivity index (χ1v) is 9.69. The molecular weight excluding hydrogens is 479 g/mol. The van der Waals surface area contributed by atoms with E-state index in [0.29, 0.717) is 12.5 Å². The molecule has 0 bridgehead atoms. The van der Waals surface area contributed by atoms with Gasteiger partial charge in [0.05, 0.1) is 19.9 Å². The number of rotatable bonds is 7. The molecule has 2 aromatic rings. The van der Waals surface area contributed by atoms with Crippen molar-refractivity contribution in [3.05, 3.63) is 54.1 Å². The second kappa shape index (κ2) is 11.7. The fourth-order valence-electron chi connectivity index (χ4n) is 3.54. The largest absolute Gasteiger partial charge is 0.497 e. The lowest BCUT2D eigenvalue weighted by molar-refractivity contribution is 0.414. The van der Waals surface area contributed by atoms with Crippen molar-refractivity contribution in [3.8, 4) is 11.5 Å². The molecule has 158 valence electrons. The summed E-state index contributed by atoms with van der Waals surface area (Å²) in [6, 6.07) is 16.3. The zero-order valence-electron chi connectivity index (χ0n) is 17.4. The number of hydrogen-bond acceptors (Lipinski definition) is 4. The van der Waals surface area contributed by atoms with Crippen molar-refractivity contribution in [2.75, 3.05) is 45.8 Å². The minimum atomic E-state index is 0. The molecule has 0 spiro atoms. The number of hydrogen-bond donors (Lipinski definition) is 2. The molecule has 3 rings (SSSR count). The Balaban J connectivity index is 0.00000300. The van der Waals surface area contributed by atoms with Gasteiger partial charge >= 0.3 is 0 Å². The van der Waals surface area contributed by atoms with Crippen LogP contribution in [-0.2, 0) is 6.54 Å². The highest BCUT2D eigenvalue weighted by atomic mass is 127. The normalized spacial score (nSPS) is 16.2. The van der Waals surface area contributed by atoms with E-state index in [4.69, 9.17) is 9.47 Å². The average Bonchev–Trinajstić information content (AvgIpc) is 3.22. The van der Waals surface area contributed by atoms with Crippen molar-refractivity contribution in [1.29, 1.82) is 0 Å². The number of halogens is 1. The highest BCUT2D eigenvalue weighted by Crippen LogP contribution is 2.31. The Hall–Kier alpha value is -2.16. The highest BCUT2D eigenvalue weighted by molar-refractivity contribution is 14.0. The van der Waals surface area contributed by atoms with Crippen LogP contribution < -0.4 is 25.0 Å². The van der Waals surface area contributed by atoms with E-state index in [2.05, 4.69) is 38.7 Å². The maximum atomic E-state index is 5.50. The molecule has 0 aliphatic carbocycles. The van der Waals surface area contributed by atoms with Crippen LogP contribution in [0.2, 0.25) is 0 Å². The standard InChI is InChI=1S/C22H30N4O2.HI/c1-23-22(24-14-17-7-6-8-19(13-17)27-2)25-15-18-11-12-26(16-18)20-9-4-5-10-21(20)28-3;/h4-10,13,18H,11-12,14-16H2,1-3H3,(H2,23,24,25);1H. The summed E-state index contributed by atoms with van der Waals surface area (Å²) in [6.07, 6.45) is 1.15. The van der Waals surface area contributed by atoms with Crippen molar-refractivity contribution in [1.82, 2.24) is 10.6 Å². The first-order chi connectivity index (χ1) is 13.7. The zero-order chi connectivity index (χ0) is 19.8. The van der Waals surface area contributed by atoms with Gasteiger partial charge in [-0.15, -0.1) is 24.0 Å². The molecule has 2 aromatic carbocycles. The first kappa shape index (κ1) is 23.1. The molecular formula is C22H31IN4O2. The third-order valence-electron chi connectivity index (χ3n) is 5.09. The van der Waals surface area contributed by atoms with Crippen LogP contribution in [0.5, 0.6) is 11.5 Å². The Bertz CT molecular complexity index is 800. The molecule has 1 fully saturated rings. The van der Waals surface area contributed by atoms with Gasteiger partial charge in [0.15, 0.2) is 5.96 Å². The monoisotopic (exact) mass is 510 g/mol. The molecule has 1 saturated heterocycles. The summed E-state index contributed by atoms with van der Waals surface area (Å²) in [5.74, 6) is 3.19. The molecule has 1 unspecified atom stereocenters. The van der Waals surface area contributed by atoms with Crippen molar-refractivity contribution < 1.29 is 9.47 Å². The molecule has 6 nitrogen and oxygen atoms in total. The van der Waals surface area contributed by atoms with E-state index in [-0.39, 0.29) is 24.0 Å². The predicted octanol–water partition coefficient (Wildman–Crippen LogP) is 3.51. The van der Waals surface area contributed by atoms with Gasteiger partial charge in [0.25, 0.3) is 0 Å². The molecule has 1 aliphatic heterocycles. The number of aliphatic imine (C=N–C) groups is 1. The molecule has 7 heteroatoms. The second-order valence-electron chi connectivity index (χ2n) is 6.93. The maximum absolute atomic E-state index is 5.50. The zero-order valence-corrected chi connectivity index (χ0v) is 19.7. The number of ether oxygens (including phenoxy) is 2. The third kappa shape index (κ3) is 6.42. The summed E-state index contributed by atoms with van der Waals surface area (Å²) < 4.78 is 10.8. The van der Waals surface area contributed by atoms with Crippen molar-refractivity contribution in [2.24, 2.45) is 10.9 Å². The Morgan fingerprint density at radius 3 is 2.69 bits per heavy atom. The fraction of sp³-hybridized carbons (Fsp3) is 0.409. The van der Waals surface area contributed by atoms with E-state index in [0.717, 1.165) is 49.1 Å². The van der Waals surface area contributed by atoms with Crippen LogP contribution in [0.3, 0.4) is 0 Å². The van der Waals surface area contributed by atoms with Gasteiger partial charge in [0, 0.05) is 33.2 Å². The number of benzene rings is 2. The number of para-hydroxylation sites is 2. The average molecular weight is 510 g/mol. The number of nitrogens with zero attached hydrogens (tertiary/aromatic N) is 2. The van der Waals surface area contributed by atoms with Gasteiger partial charge in [0.2, 0.25) is 0 Å². The maximum Gasteiger partial charge on any atom is 0.191 e. The lowest BCUT2D eigenvalue weighted by Gasteiger charge is -2.21. The summed E-state index contributed by atoms with van der Waals surface area (Å²) in [6.45, 7) is 3.65. The molecule has 2 N–H and O–H groups in total. The highest BCUT2D eigenvalue weighted by Gasteiger charge is 2.24. The quantitative estimate of drug-likeness (QED) is 0.339. The topological polar surface area (TPSA) is 58.1 Å². The Morgan fingerprint density at radius 1 is 1.10 bits per heavy atom. The second-order valence-corrected chi connectivity index (χ2v) is 6.93. The first-order valence-electron chi connectivity index (χ1n) is 9.69. The van der Waals surface area contributed by atoms with Crippen LogP contribution in [0.4, 0.5) is 5.69 Å². The Morgan fingerprint density at radius 2 is 1.93 bits per heavy atom. The van der Waals surface area contributed by atoms with E-state index < -0.39 is 0 Å². The summed E-state index contributed by atoms with van der Waals surface area (Å²) in [7, 11) is 5.21. The van der Waals surface area contributed by atoms with E-state index in [1.165, 1.54) is 5.69 Å². The van der Waals surface area contributed by atoms with E-state index in [9.17, 15) is 0 Å². The number of methoxy groups -OCH3 is 2. The van der Waals surface area contributed by atoms with Crippen molar-refractivity contribution in [3.63, 3.8) is 0 Å². The van der Waals surface area contributed by atoms with E-state index in [1.54, 1.807) is 21.3 Å². The Kier molecular flexibility index (Phi) is 9.37. The molecule has 1 aliphatic rings. The summed E-state index contributed by atoms with van der Waals surface area (Å²) in [5.41, 5.74) is 2.33. The summed E-state index contributed by atoms with van der Waals surface area (Å²) in [4.78, 5) is 6.74. The molecule has 1 heterocycles. The van der Waals surface area contributed by atoms with Gasteiger partial charge in [0.1, 0.15) is 11.5 Å². The summed E-state index contributed by atoms with van der Waals surface area (Å²) in [5, 5.41) is 6.83. The fourth-order valence-corrected chi connectivity index (χ4v) is 3.54. The van der Waals surface area contributed by atoms with Crippen LogP contribution in [0.25, 0.3) is 0 Å². The van der Waals surface area contributed by atoms with Gasteiger partial charge in [-0.3, -0.25) is 4.99 Å². The number of anilines is 1. The van der Waals surface area contributed by atoms with Gasteiger partial charge in [-0.05, 0) is 42.2 Å². The molecule has 1 atom stereocenters. The van der Waals surface area contributed by atoms with Gasteiger partial charge in [-0.25, -0.2) is 0 Å². The van der Waals surface area contributed by atoms with Crippen LogP contribution in [0, 0.1) is 5.92 Å². The van der Waals surface area contributed by atoms with Gasteiger partial charge in [-0.2, -0.15) is 0 Å². The minimum Gasteiger partial charge on any atom is -0.497 e. The molecule has 0 aromatic heterocycles. The van der Waals surface area contributed by atoms with E-state index >= 15 is 0 Å².